The van der Waals surface area contributed by atoms with Crippen LogP contribution in [0.4, 0.5) is 0 Å². The van der Waals surface area contributed by atoms with Gasteiger partial charge in [0.05, 0.1) is 11.5 Å². The zero-order valence-corrected chi connectivity index (χ0v) is 18.8. The molecule has 0 fully saturated rings. The highest BCUT2D eigenvalue weighted by molar-refractivity contribution is 7.16. The van der Waals surface area contributed by atoms with Gasteiger partial charge in [-0.3, -0.25) is 4.79 Å². The average Bonchev–Trinajstić information content (AvgIpc) is 2.83. The molecule has 1 aliphatic rings. The summed E-state index contributed by atoms with van der Waals surface area (Å²) in [5, 5.41) is 11.4. The first kappa shape index (κ1) is 21.1. The summed E-state index contributed by atoms with van der Waals surface area (Å²) in [4.78, 5) is 13.3. The molecule has 0 amide bonds. The Hall–Kier alpha value is -3.79. The Morgan fingerprint density at radius 2 is 1.79 bits per heavy atom. The Morgan fingerprint density at radius 3 is 2.58 bits per heavy atom. The lowest BCUT2D eigenvalue weighted by molar-refractivity contribution is 0.301. The standard InChI is InChI=1S/C26H17ClN2O3S/c27-16-11-9-15(10-12-16)14-31-20-7-3-1-5-17(20)22-19(13-28)25(29)32-24-18-6-2-4-8-21(18)33-26(30)23(22)24/h1-12,22H,14,29H2/t22-/m1/s1. The van der Waals surface area contributed by atoms with Gasteiger partial charge in [-0.2, -0.15) is 5.26 Å². The smallest absolute Gasteiger partial charge is 0.240 e. The minimum absolute atomic E-state index is 0.0109. The maximum atomic E-state index is 13.3. The lowest BCUT2D eigenvalue weighted by Crippen LogP contribution is -2.26. The number of hydrogen-bond donors (Lipinski definition) is 1. The number of rotatable bonds is 4. The van der Waals surface area contributed by atoms with Crippen molar-refractivity contribution in [1.82, 2.24) is 0 Å². The number of ether oxygens (including phenoxy) is 2. The van der Waals surface area contributed by atoms with Crippen molar-refractivity contribution < 1.29 is 9.47 Å². The van der Waals surface area contributed by atoms with Gasteiger partial charge in [0, 0.05) is 20.7 Å². The Bertz CT molecular complexity index is 1500. The lowest BCUT2D eigenvalue weighted by Gasteiger charge is -2.27. The number of nitrogens with two attached hydrogens (primary N) is 1. The van der Waals surface area contributed by atoms with Crippen LogP contribution in [0.15, 0.2) is 89.0 Å². The maximum absolute atomic E-state index is 13.3. The molecule has 1 aromatic heterocycles. The van der Waals surface area contributed by atoms with E-state index in [0.29, 0.717) is 34.3 Å². The fourth-order valence-corrected chi connectivity index (χ4v) is 5.03. The normalized spacial score (nSPS) is 15.0. The van der Waals surface area contributed by atoms with Crippen molar-refractivity contribution in [2.45, 2.75) is 12.5 Å². The van der Waals surface area contributed by atoms with Gasteiger partial charge in [0.2, 0.25) is 10.6 Å². The third kappa shape index (κ3) is 3.82. The number of benzene rings is 3. The highest BCUT2D eigenvalue weighted by atomic mass is 35.5. The fourth-order valence-electron chi connectivity index (χ4n) is 3.97. The van der Waals surface area contributed by atoms with Crippen LogP contribution in [0.2, 0.25) is 5.02 Å². The van der Waals surface area contributed by atoms with Gasteiger partial charge in [0.1, 0.15) is 29.7 Å². The van der Waals surface area contributed by atoms with Crippen molar-refractivity contribution in [3.05, 3.63) is 116 Å². The Labute approximate surface area is 198 Å². The van der Waals surface area contributed by atoms with Crippen LogP contribution in [-0.2, 0) is 6.61 Å². The number of nitrogens with zero attached hydrogens (tertiary/aromatic N) is 1. The van der Waals surface area contributed by atoms with E-state index in [1.165, 1.54) is 0 Å². The van der Waals surface area contributed by atoms with E-state index in [1.54, 1.807) is 12.1 Å². The second-order valence-electron chi connectivity index (χ2n) is 7.51. The van der Waals surface area contributed by atoms with E-state index in [9.17, 15) is 10.1 Å². The van der Waals surface area contributed by atoms with Crippen LogP contribution in [0, 0.1) is 11.3 Å². The molecule has 2 N–H and O–H groups in total. The first-order chi connectivity index (χ1) is 16.1. The highest BCUT2D eigenvalue weighted by Gasteiger charge is 2.36. The highest BCUT2D eigenvalue weighted by Crippen LogP contribution is 2.46. The number of para-hydroxylation sites is 1. The van der Waals surface area contributed by atoms with Crippen LogP contribution in [0.25, 0.3) is 10.1 Å². The molecule has 4 aromatic rings. The van der Waals surface area contributed by atoms with Crippen LogP contribution in [0.5, 0.6) is 11.5 Å². The molecule has 0 aliphatic carbocycles. The summed E-state index contributed by atoms with van der Waals surface area (Å²) in [7, 11) is 0. The van der Waals surface area contributed by atoms with Gasteiger partial charge in [0.15, 0.2) is 0 Å². The van der Waals surface area contributed by atoms with Gasteiger partial charge >= 0.3 is 0 Å². The van der Waals surface area contributed by atoms with E-state index in [2.05, 4.69) is 6.07 Å². The molecule has 0 spiro atoms. The quantitative estimate of drug-likeness (QED) is 0.411. The largest absolute Gasteiger partial charge is 0.489 e. The zero-order valence-electron chi connectivity index (χ0n) is 17.2. The van der Waals surface area contributed by atoms with Crippen molar-refractivity contribution in [3.8, 4) is 17.6 Å². The molecule has 0 saturated carbocycles. The van der Waals surface area contributed by atoms with Crippen molar-refractivity contribution in [2.75, 3.05) is 0 Å². The molecule has 33 heavy (non-hydrogen) atoms. The minimum Gasteiger partial charge on any atom is -0.489 e. The van der Waals surface area contributed by atoms with Gasteiger partial charge in [-0.15, -0.1) is 0 Å². The summed E-state index contributed by atoms with van der Waals surface area (Å²) in [5.74, 6) is 0.239. The Morgan fingerprint density at radius 1 is 1.06 bits per heavy atom. The molecule has 5 rings (SSSR count). The summed E-state index contributed by atoms with van der Waals surface area (Å²) in [6.07, 6.45) is 0. The first-order valence-electron chi connectivity index (χ1n) is 10.2. The predicted molar refractivity (Wildman–Crippen MR) is 130 cm³/mol. The van der Waals surface area contributed by atoms with E-state index in [1.807, 2.05) is 60.7 Å². The fraction of sp³-hybridized carbons (Fsp3) is 0.0769. The molecule has 0 saturated heterocycles. The van der Waals surface area contributed by atoms with E-state index in [4.69, 9.17) is 26.8 Å². The SMILES string of the molecule is N#CC1=C(N)Oc2c(c(=O)sc3ccccc23)[C@@H]1c1ccccc1OCc1ccc(Cl)cc1. The van der Waals surface area contributed by atoms with Crippen molar-refractivity contribution in [3.63, 3.8) is 0 Å². The molecule has 3 aromatic carbocycles. The van der Waals surface area contributed by atoms with Crippen LogP contribution < -0.4 is 19.9 Å². The number of fused-ring (bicyclic) bond motifs is 3. The van der Waals surface area contributed by atoms with Crippen molar-refractivity contribution in [1.29, 1.82) is 5.26 Å². The molecule has 0 radical (unpaired) electrons. The van der Waals surface area contributed by atoms with Crippen molar-refractivity contribution in [2.24, 2.45) is 5.73 Å². The van der Waals surface area contributed by atoms with Gasteiger partial charge in [-0.25, -0.2) is 0 Å². The Balaban J connectivity index is 1.65. The summed E-state index contributed by atoms with van der Waals surface area (Å²) in [5.41, 5.74) is 8.38. The first-order valence-corrected chi connectivity index (χ1v) is 11.4. The van der Waals surface area contributed by atoms with E-state index >= 15 is 0 Å². The molecule has 162 valence electrons. The summed E-state index contributed by atoms with van der Waals surface area (Å²) in [6.45, 7) is 0.302. The molecule has 2 heterocycles. The molecule has 7 heteroatoms. The summed E-state index contributed by atoms with van der Waals surface area (Å²) >= 11 is 7.10. The third-order valence-electron chi connectivity index (χ3n) is 5.51. The van der Waals surface area contributed by atoms with Crippen LogP contribution in [0.1, 0.15) is 22.6 Å². The molecule has 1 aliphatic heterocycles. The zero-order chi connectivity index (χ0) is 22.9. The van der Waals surface area contributed by atoms with Gasteiger partial charge in [-0.05, 0) is 35.9 Å². The molecule has 0 bridgehead atoms. The number of halogens is 1. The number of nitriles is 1. The van der Waals surface area contributed by atoms with Gasteiger partial charge < -0.3 is 15.2 Å². The monoisotopic (exact) mass is 472 g/mol. The Kier molecular flexibility index (Phi) is 5.51. The van der Waals surface area contributed by atoms with Gasteiger partial charge in [-0.1, -0.05) is 65.4 Å². The molecule has 5 nitrogen and oxygen atoms in total. The van der Waals surface area contributed by atoms with E-state index in [-0.39, 0.29) is 16.2 Å². The third-order valence-corrected chi connectivity index (χ3v) is 6.74. The average molecular weight is 473 g/mol. The minimum atomic E-state index is -0.700. The molecular weight excluding hydrogens is 456 g/mol. The molecule has 1 atom stereocenters. The van der Waals surface area contributed by atoms with Crippen molar-refractivity contribution >= 4 is 33.0 Å². The molecular formula is C26H17ClN2O3S. The van der Waals surface area contributed by atoms with Crippen LogP contribution in [0.3, 0.4) is 0 Å². The van der Waals surface area contributed by atoms with E-state index in [0.717, 1.165) is 27.0 Å². The van der Waals surface area contributed by atoms with Gasteiger partial charge in [0.25, 0.3) is 0 Å². The van der Waals surface area contributed by atoms with Crippen LogP contribution >= 0.6 is 22.9 Å². The number of hydrogen-bond acceptors (Lipinski definition) is 6. The lowest BCUT2D eigenvalue weighted by atomic mass is 9.84. The van der Waals surface area contributed by atoms with E-state index < -0.39 is 5.92 Å². The predicted octanol–water partition coefficient (Wildman–Crippen LogP) is 5.71. The molecule has 0 unspecified atom stereocenters. The second-order valence-corrected chi connectivity index (χ2v) is 8.96. The summed E-state index contributed by atoms with van der Waals surface area (Å²) < 4.78 is 12.6. The number of allylic oxidation sites excluding steroid dienone is 1. The second kappa shape index (κ2) is 8.62. The summed E-state index contributed by atoms with van der Waals surface area (Å²) in [6, 6.07) is 24.4. The topological polar surface area (TPSA) is 85.3 Å². The van der Waals surface area contributed by atoms with Crippen LogP contribution in [-0.4, -0.2) is 0 Å². The maximum Gasteiger partial charge on any atom is 0.240 e.